The number of phosphoric acid groups is 1. The molecule has 0 radical (unpaired) electrons. The molecule has 0 amide bonds. The Hall–Kier alpha value is -0.0500. The number of ether oxygens (including phenoxy) is 2. The van der Waals surface area contributed by atoms with Crippen LogP contribution in [0.3, 0.4) is 0 Å². The zero-order chi connectivity index (χ0) is 28.3. The summed E-state index contributed by atoms with van der Waals surface area (Å²) in [4.78, 5) is 0. The van der Waals surface area contributed by atoms with E-state index in [0.29, 0.717) is 41.9 Å². The molecule has 0 aromatic heterocycles. The summed E-state index contributed by atoms with van der Waals surface area (Å²) in [5.74, 6) is 0. The molecule has 1 fully saturated rings. The quantitative estimate of drug-likeness (QED) is 0.0690. The van der Waals surface area contributed by atoms with E-state index in [1.807, 2.05) is 0 Å². The monoisotopic (exact) mass is 566 g/mol. The van der Waals surface area contributed by atoms with Gasteiger partial charge in [0.05, 0.1) is 55.5 Å². The smallest absolute Gasteiger partial charge is 0.350 e. The van der Waals surface area contributed by atoms with Gasteiger partial charge in [-0.1, -0.05) is 84.0 Å². The summed E-state index contributed by atoms with van der Waals surface area (Å²) >= 11 is 0. The minimum absolute atomic E-state index is 0.140. The molecule has 0 N–H and O–H groups in total. The lowest BCUT2D eigenvalue weighted by atomic mass is 10.0. The van der Waals surface area contributed by atoms with Gasteiger partial charge in [-0.05, 0) is 12.8 Å². The lowest BCUT2D eigenvalue weighted by Gasteiger charge is -2.27. The lowest BCUT2D eigenvalue weighted by Crippen LogP contribution is -2.38. The number of hydrogen-bond acceptors (Lipinski definition) is 6. The highest BCUT2D eigenvalue weighted by molar-refractivity contribution is 7.48. The third kappa shape index (κ3) is 20.8. The number of unbranched alkanes of at least 4 members (excludes halogenated alkanes) is 12. The van der Waals surface area contributed by atoms with E-state index in [-0.39, 0.29) is 19.0 Å². The second-order valence-corrected chi connectivity index (χ2v) is 14.7. The fraction of sp³-hybridized carbons (Fsp3) is 1.00. The lowest BCUT2D eigenvalue weighted by molar-refractivity contribution is -0.870. The molecule has 8 nitrogen and oxygen atoms in total. The van der Waals surface area contributed by atoms with Crippen LogP contribution in [-0.4, -0.2) is 103 Å². The van der Waals surface area contributed by atoms with Gasteiger partial charge in [-0.2, -0.15) is 0 Å². The summed E-state index contributed by atoms with van der Waals surface area (Å²) < 4.78 is 43.5. The first-order chi connectivity index (χ1) is 17.9. The fourth-order valence-corrected chi connectivity index (χ4v) is 5.40. The molecule has 38 heavy (non-hydrogen) atoms. The molecule has 0 bridgehead atoms. The fourth-order valence-electron chi connectivity index (χ4n) is 4.21. The van der Waals surface area contributed by atoms with Crippen molar-refractivity contribution in [1.82, 2.24) is 0 Å². The van der Waals surface area contributed by atoms with Crippen molar-refractivity contribution in [2.45, 2.75) is 109 Å². The van der Waals surface area contributed by atoms with Crippen molar-refractivity contribution in [1.29, 1.82) is 0 Å². The molecule has 0 spiro atoms. The van der Waals surface area contributed by atoms with Gasteiger partial charge < -0.3 is 18.4 Å². The molecule has 1 aliphatic heterocycles. The van der Waals surface area contributed by atoms with Gasteiger partial charge in [-0.25, -0.2) is 4.57 Å². The molecule has 1 saturated heterocycles. The van der Waals surface area contributed by atoms with Gasteiger partial charge in [0, 0.05) is 0 Å². The maximum Gasteiger partial charge on any atom is 0.475 e. The number of rotatable bonds is 25. The molecule has 1 heterocycles. The van der Waals surface area contributed by atoms with E-state index in [2.05, 4.69) is 49.2 Å². The van der Waals surface area contributed by atoms with Crippen LogP contribution in [0.2, 0.25) is 0 Å². The van der Waals surface area contributed by atoms with Gasteiger partial charge in [0.2, 0.25) is 0 Å². The first-order valence-electron chi connectivity index (χ1n) is 15.3. The van der Waals surface area contributed by atoms with Crippen LogP contribution in [0.15, 0.2) is 0 Å². The van der Waals surface area contributed by atoms with Crippen LogP contribution in [0, 0.1) is 0 Å². The van der Waals surface area contributed by atoms with E-state index in [1.165, 1.54) is 77.0 Å². The molecular weight excluding hydrogens is 503 g/mol. The zero-order valence-electron chi connectivity index (χ0n) is 26.1. The van der Waals surface area contributed by atoms with Gasteiger partial charge in [0.15, 0.2) is 6.29 Å². The number of phosphoric ester groups is 1. The minimum Gasteiger partial charge on any atom is -0.350 e. The summed E-state index contributed by atoms with van der Waals surface area (Å²) in [6.07, 6.45) is 17.9. The van der Waals surface area contributed by atoms with Crippen molar-refractivity contribution in [3.05, 3.63) is 0 Å². The maximum absolute atomic E-state index is 13.3. The average molecular weight is 567 g/mol. The normalized spacial score (nSPS) is 18.9. The van der Waals surface area contributed by atoms with Crippen LogP contribution in [0.25, 0.3) is 0 Å². The first-order valence-corrected chi connectivity index (χ1v) is 16.8. The second-order valence-electron chi connectivity index (χ2n) is 13.0. The zero-order valence-corrected chi connectivity index (χ0v) is 27.0. The average Bonchev–Trinajstić information content (AvgIpc) is 3.27. The topological polar surface area (TPSA) is 63.2 Å². The Bertz CT molecular complexity index is 599. The van der Waals surface area contributed by atoms with Gasteiger partial charge in [0.25, 0.3) is 0 Å². The molecule has 0 saturated carbocycles. The molecule has 0 aromatic rings. The van der Waals surface area contributed by atoms with Crippen LogP contribution in [0.1, 0.15) is 96.8 Å². The van der Waals surface area contributed by atoms with E-state index in [1.54, 1.807) is 0 Å². The molecule has 2 atom stereocenters. The van der Waals surface area contributed by atoms with Gasteiger partial charge >= 0.3 is 7.82 Å². The molecule has 1 aliphatic rings. The van der Waals surface area contributed by atoms with Crippen molar-refractivity contribution >= 4 is 7.82 Å². The minimum atomic E-state index is -3.67. The summed E-state index contributed by atoms with van der Waals surface area (Å²) in [5, 5.41) is 0. The molecule has 228 valence electrons. The maximum atomic E-state index is 13.3. The van der Waals surface area contributed by atoms with E-state index in [0.717, 1.165) is 12.8 Å². The Labute approximate surface area is 235 Å². The summed E-state index contributed by atoms with van der Waals surface area (Å²) in [6, 6.07) is 0. The molecule has 9 heteroatoms. The third-order valence-corrected chi connectivity index (χ3v) is 8.26. The van der Waals surface area contributed by atoms with Crippen LogP contribution in [0.4, 0.5) is 0 Å². The van der Waals surface area contributed by atoms with Crippen LogP contribution in [-0.2, 0) is 27.6 Å². The standard InChI is InChI=1S/C29H63N2O6P/c1-8-9-10-11-12-13-14-15-16-17-18-19-20-21-29-33-26-28(37-29)27-36-38(32,34-24-22-30(2,3)4)35-25-23-31(5,6)7/h28-29H,8-27H2,1-7H3/q+2. The first kappa shape index (κ1) is 36.0. The number of quaternary nitrogens is 2. The number of hydrogen-bond donors (Lipinski definition) is 0. The highest BCUT2D eigenvalue weighted by Crippen LogP contribution is 2.49. The van der Waals surface area contributed by atoms with Crippen LogP contribution in [0.5, 0.6) is 0 Å². The van der Waals surface area contributed by atoms with E-state index >= 15 is 0 Å². The van der Waals surface area contributed by atoms with Crippen LogP contribution < -0.4 is 0 Å². The molecule has 0 aliphatic carbocycles. The van der Waals surface area contributed by atoms with Crippen molar-refractivity contribution < 1.29 is 36.6 Å². The van der Waals surface area contributed by atoms with E-state index < -0.39 is 7.82 Å². The third-order valence-electron chi connectivity index (χ3n) is 6.80. The van der Waals surface area contributed by atoms with Gasteiger partial charge in [0.1, 0.15) is 32.4 Å². The Balaban J connectivity index is 2.18. The molecular formula is C29H63N2O6P+2. The van der Waals surface area contributed by atoms with Crippen molar-refractivity contribution in [2.75, 3.05) is 81.8 Å². The Morgan fingerprint density at radius 1 is 0.684 bits per heavy atom. The highest BCUT2D eigenvalue weighted by Gasteiger charge is 2.33. The highest BCUT2D eigenvalue weighted by atomic mass is 31.2. The molecule has 2 unspecified atom stereocenters. The number of nitrogens with zero attached hydrogens (tertiary/aromatic N) is 2. The molecule has 0 aromatic carbocycles. The van der Waals surface area contributed by atoms with Crippen molar-refractivity contribution in [3.8, 4) is 0 Å². The number of likely N-dealkylation sites (N-methyl/N-ethyl adjacent to an activating group) is 2. The largest absolute Gasteiger partial charge is 0.475 e. The summed E-state index contributed by atoms with van der Waals surface area (Å²) in [7, 11) is 8.71. The summed E-state index contributed by atoms with van der Waals surface area (Å²) in [5.41, 5.74) is 0. The van der Waals surface area contributed by atoms with Crippen LogP contribution >= 0.6 is 7.82 Å². The van der Waals surface area contributed by atoms with Crippen molar-refractivity contribution in [2.24, 2.45) is 0 Å². The predicted octanol–water partition coefficient (Wildman–Crippen LogP) is 6.78. The molecule has 1 rings (SSSR count). The van der Waals surface area contributed by atoms with E-state index in [9.17, 15) is 4.57 Å². The second kappa shape index (κ2) is 19.9. The Kier molecular flexibility index (Phi) is 18.9. The van der Waals surface area contributed by atoms with Gasteiger partial charge in [-0.15, -0.1) is 0 Å². The Morgan fingerprint density at radius 2 is 1.13 bits per heavy atom. The SMILES string of the molecule is CCCCCCCCCCCCCCCC1OCC(COP(=O)(OCC[N+](C)(C)C)OCC[N+](C)(C)C)O1. The van der Waals surface area contributed by atoms with Crippen molar-refractivity contribution in [3.63, 3.8) is 0 Å². The van der Waals surface area contributed by atoms with E-state index in [4.69, 9.17) is 23.0 Å². The van der Waals surface area contributed by atoms with Gasteiger partial charge in [-0.3, -0.25) is 13.6 Å². The summed E-state index contributed by atoms with van der Waals surface area (Å²) in [6.45, 7) is 4.87. The predicted molar refractivity (Wildman–Crippen MR) is 156 cm³/mol. The Morgan fingerprint density at radius 3 is 1.58 bits per heavy atom.